The molecule has 0 saturated carbocycles. The minimum atomic E-state index is -0.125. The molecule has 140 valence electrons. The number of carbonyl (C=O) groups excluding carboxylic acids is 1. The monoisotopic (exact) mass is 357 g/mol. The first kappa shape index (κ1) is 18.2. The van der Waals surface area contributed by atoms with Gasteiger partial charge in [-0.25, -0.2) is 4.98 Å². The summed E-state index contributed by atoms with van der Waals surface area (Å²) in [4.78, 5) is 23.6. The third-order valence-electron chi connectivity index (χ3n) is 4.50. The zero-order valence-electron chi connectivity index (χ0n) is 15.8. The number of furan rings is 1. The SMILES string of the molecule is Cc1cc(N2CCCCC2)nc(NCCNC(=O)c2cc(C)oc2C)n1. The van der Waals surface area contributed by atoms with Crippen LogP contribution in [0.1, 0.15) is 46.8 Å². The number of anilines is 2. The number of nitrogens with one attached hydrogen (secondary N) is 2. The fraction of sp³-hybridized carbons (Fsp3) is 0.526. The molecule has 0 spiro atoms. The summed E-state index contributed by atoms with van der Waals surface area (Å²) in [5.41, 5.74) is 1.53. The summed E-state index contributed by atoms with van der Waals surface area (Å²) in [6, 6.07) is 3.79. The van der Waals surface area contributed by atoms with Crippen molar-refractivity contribution in [1.29, 1.82) is 0 Å². The van der Waals surface area contributed by atoms with Crippen LogP contribution in [0.2, 0.25) is 0 Å². The van der Waals surface area contributed by atoms with Crippen LogP contribution >= 0.6 is 0 Å². The predicted molar refractivity (Wildman–Crippen MR) is 102 cm³/mol. The van der Waals surface area contributed by atoms with Gasteiger partial charge in [0.15, 0.2) is 0 Å². The molecule has 1 aliphatic heterocycles. The van der Waals surface area contributed by atoms with Gasteiger partial charge in [0, 0.05) is 37.9 Å². The van der Waals surface area contributed by atoms with Gasteiger partial charge in [-0.15, -0.1) is 0 Å². The number of nitrogens with zero attached hydrogens (tertiary/aromatic N) is 3. The Balaban J connectivity index is 1.52. The van der Waals surface area contributed by atoms with Crippen LogP contribution in [0.4, 0.5) is 11.8 Å². The molecule has 0 aromatic carbocycles. The van der Waals surface area contributed by atoms with Gasteiger partial charge < -0.3 is 20.0 Å². The van der Waals surface area contributed by atoms with E-state index >= 15 is 0 Å². The Kier molecular flexibility index (Phi) is 5.75. The van der Waals surface area contributed by atoms with Crippen molar-refractivity contribution in [2.45, 2.75) is 40.0 Å². The second-order valence-electron chi connectivity index (χ2n) is 6.75. The van der Waals surface area contributed by atoms with Crippen molar-refractivity contribution in [3.05, 3.63) is 34.9 Å². The summed E-state index contributed by atoms with van der Waals surface area (Å²) in [5, 5.41) is 6.09. The largest absolute Gasteiger partial charge is 0.466 e. The van der Waals surface area contributed by atoms with Gasteiger partial charge in [-0.1, -0.05) is 0 Å². The van der Waals surface area contributed by atoms with Crippen molar-refractivity contribution in [2.24, 2.45) is 0 Å². The van der Waals surface area contributed by atoms with Gasteiger partial charge in [0.1, 0.15) is 17.3 Å². The number of piperidine rings is 1. The molecule has 1 fully saturated rings. The summed E-state index contributed by atoms with van der Waals surface area (Å²) < 4.78 is 5.39. The van der Waals surface area contributed by atoms with Crippen molar-refractivity contribution in [3.63, 3.8) is 0 Å². The first-order valence-electron chi connectivity index (χ1n) is 9.22. The second-order valence-corrected chi connectivity index (χ2v) is 6.75. The van der Waals surface area contributed by atoms with Crippen LogP contribution in [0.25, 0.3) is 0 Å². The van der Waals surface area contributed by atoms with E-state index < -0.39 is 0 Å². The van der Waals surface area contributed by atoms with Crippen molar-refractivity contribution < 1.29 is 9.21 Å². The Morgan fingerprint density at radius 1 is 1.12 bits per heavy atom. The number of rotatable bonds is 6. The van der Waals surface area contributed by atoms with E-state index in [1.165, 1.54) is 19.3 Å². The molecule has 0 atom stereocenters. The Morgan fingerprint density at radius 2 is 1.88 bits per heavy atom. The van der Waals surface area contributed by atoms with Crippen LogP contribution in [0.5, 0.6) is 0 Å². The zero-order valence-corrected chi connectivity index (χ0v) is 15.8. The minimum Gasteiger partial charge on any atom is -0.466 e. The molecule has 2 N–H and O–H groups in total. The normalized spacial score (nSPS) is 14.3. The predicted octanol–water partition coefficient (Wildman–Crippen LogP) is 2.83. The highest BCUT2D eigenvalue weighted by atomic mass is 16.3. The Bertz CT molecular complexity index is 765. The van der Waals surface area contributed by atoms with Gasteiger partial charge in [0.2, 0.25) is 5.95 Å². The lowest BCUT2D eigenvalue weighted by Gasteiger charge is -2.28. The van der Waals surface area contributed by atoms with Crippen molar-refractivity contribution in [1.82, 2.24) is 15.3 Å². The van der Waals surface area contributed by atoms with Gasteiger partial charge in [0.05, 0.1) is 5.56 Å². The molecule has 3 heterocycles. The molecule has 2 aromatic heterocycles. The van der Waals surface area contributed by atoms with E-state index in [4.69, 9.17) is 4.42 Å². The average molecular weight is 357 g/mol. The molecular formula is C19H27N5O2. The van der Waals surface area contributed by atoms with Crippen LogP contribution in [-0.2, 0) is 0 Å². The zero-order chi connectivity index (χ0) is 18.5. The number of hydrogen-bond donors (Lipinski definition) is 2. The Hall–Kier alpha value is -2.57. The van der Waals surface area contributed by atoms with Gasteiger partial charge >= 0.3 is 0 Å². The van der Waals surface area contributed by atoms with Crippen LogP contribution in [0, 0.1) is 20.8 Å². The maximum Gasteiger partial charge on any atom is 0.254 e. The number of aromatic nitrogens is 2. The molecule has 7 heteroatoms. The lowest BCUT2D eigenvalue weighted by atomic mass is 10.1. The average Bonchev–Trinajstić information content (AvgIpc) is 2.97. The molecule has 0 radical (unpaired) electrons. The summed E-state index contributed by atoms with van der Waals surface area (Å²) in [7, 11) is 0. The number of hydrogen-bond acceptors (Lipinski definition) is 6. The van der Waals surface area contributed by atoms with Crippen molar-refractivity contribution in [3.8, 4) is 0 Å². The van der Waals surface area contributed by atoms with E-state index in [0.29, 0.717) is 30.4 Å². The second kappa shape index (κ2) is 8.21. The molecule has 0 bridgehead atoms. The van der Waals surface area contributed by atoms with Crippen LogP contribution in [-0.4, -0.2) is 42.1 Å². The minimum absolute atomic E-state index is 0.125. The maximum atomic E-state index is 12.2. The highest BCUT2D eigenvalue weighted by Crippen LogP contribution is 2.19. The van der Waals surface area contributed by atoms with Crippen molar-refractivity contribution >= 4 is 17.7 Å². The quantitative estimate of drug-likeness (QED) is 0.774. The van der Waals surface area contributed by atoms with E-state index in [-0.39, 0.29) is 5.91 Å². The van der Waals surface area contributed by atoms with Gasteiger partial charge in [-0.05, 0) is 46.1 Å². The van der Waals surface area contributed by atoms with E-state index in [9.17, 15) is 4.79 Å². The van der Waals surface area contributed by atoms with Crippen LogP contribution in [0.15, 0.2) is 16.5 Å². The molecule has 3 rings (SSSR count). The van der Waals surface area contributed by atoms with Gasteiger partial charge in [-0.3, -0.25) is 4.79 Å². The summed E-state index contributed by atoms with van der Waals surface area (Å²) in [6.45, 7) is 8.75. The maximum absolute atomic E-state index is 12.2. The summed E-state index contributed by atoms with van der Waals surface area (Å²) >= 11 is 0. The third-order valence-corrected chi connectivity index (χ3v) is 4.50. The van der Waals surface area contributed by atoms with Gasteiger partial charge in [-0.2, -0.15) is 4.98 Å². The van der Waals surface area contributed by atoms with E-state index in [1.54, 1.807) is 13.0 Å². The van der Waals surface area contributed by atoms with Crippen LogP contribution < -0.4 is 15.5 Å². The highest BCUT2D eigenvalue weighted by molar-refractivity contribution is 5.95. The molecule has 1 saturated heterocycles. The third kappa shape index (κ3) is 4.53. The molecule has 2 aromatic rings. The Labute approximate surface area is 154 Å². The lowest BCUT2D eigenvalue weighted by molar-refractivity contribution is 0.0953. The number of aryl methyl sites for hydroxylation is 3. The molecule has 1 amide bonds. The highest BCUT2D eigenvalue weighted by Gasteiger charge is 2.14. The number of amides is 1. The van der Waals surface area contributed by atoms with E-state index in [2.05, 4.69) is 25.5 Å². The standard InChI is InChI=1S/C19H27N5O2/c1-13-11-17(24-9-5-4-6-10-24)23-19(22-13)21-8-7-20-18(25)16-12-14(2)26-15(16)3/h11-12H,4-10H2,1-3H3,(H,20,25)(H,21,22,23). The Morgan fingerprint density at radius 3 is 2.58 bits per heavy atom. The molecule has 7 nitrogen and oxygen atoms in total. The topological polar surface area (TPSA) is 83.3 Å². The number of carbonyl (C=O) groups is 1. The smallest absolute Gasteiger partial charge is 0.254 e. The van der Waals surface area contributed by atoms with Crippen molar-refractivity contribution in [2.75, 3.05) is 36.4 Å². The molecule has 0 aliphatic carbocycles. The van der Waals surface area contributed by atoms with Crippen LogP contribution in [0.3, 0.4) is 0 Å². The molecule has 1 aliphatic rings. The fourth-order valence-electron chi connectivity index (χ4n) is 3.22. The molecular weight excluding hydrogens is 330 g/mol. The van der Waals surface area contributed by atoms with E-state index in [1.807, 2.05) is 19.9 Å². The molecule has 0 unspecified atom stereocenters. The fourth-order valence-corrected chi connectivity index (χ4v) is 3.22. The van der Waals surface area contributed by atoms with Gasteiger partial charge in [0.25, 0.3) is 5.91 Å². The first-order chi connectivity index (χ1) is 12.5. The molecule has 26 heavy (non-hydrogen) atoms. The lowest BCUT2D eigenvalue weighted by Crippen LogP contribution is -2.31. The first-order valence-corrected chi connectivity index (χ1v) is 9.22. The van der Waals surface area contributed by atoms with E-state index in [0.717, 1.165) is 30.4 Å². The summed E-state index contributed by atoms with van der Waals surface area (Å²) in [6.07, 6.45) is 3.72. The summed E-state index contributed by atoms with van der Waals surface area (Å²) in [5.74, 6) is 2.84.